The van der Waals surface area contributed by atoms with Crippen LogP contribution in [-0.2, 0) is 11.3 Å². The number of aromatic nitrogens is 2. The van der Waals surface area contributed by atoms with Crippen molar-refractivity contribution in [2.75, 3.05) is 11.1 Å². The molecule has 0 spiro atoms. The van der Waals surface area contributed by atoms with Crippen LogP contribution in [0.3, 0.4) is 0 Å². The van der Waals surface area contributed by atoms with E-state index in [1.807, 2.05) is 54.6 Å². The number of furan rings is 1. The molecular formula is C25H18ClN3O3S. The molecule has 0 aliphatic rings. The zero-order valence-electron chi connectivity index (χ0n) is 17.3. The highest BCUT2D eigenvalue weighted by molar-refractivity contribution is 7.99. The van der Waals surface area contributed by atoms with Crippen molar-refractivity contribution in [1.82, 2.24) is 9.55 Å². The van der Waals surface area contributed by atoms with Crippen molar-refractivity contribution in [1.29, 1.82) is 0 Å². The van der Waals surface area contributed by atoms with Crippen molar-refractivity contribution >= 4 is 57.0 Å². The molecule has 1 N–H and O–H groups in total. The summed E-state index contributed by atoms with van der Waals surface area (Å²) in [6.07, 6.45) is 0. The Morgan fingerprint density at radius 2 is 1.82 bits per heavy atom. The summed E-state index contributed by atoms with van der Waals surface area (Å²) in [5.41, 5.74) is 2.58. The number of thioether (sulfide) groups is 1. The van der Waals surface area contributed by atoms with Crippen LogP contribution in [0.25, 0.3) is 22.1 Å². The maximum absolute atomic E-state index is 13.4. The molecule has 0 aliphatic heterocycles. The second-order valence-corrected chi connectivity index (χ2v) is 8.77. The van der Waals surface area contributed by atoms with Crippen molar-refractivity contribution < 1.29 is 9.21 Å². The Balaban J connectivity index is 1.51. The number of carbonyl (C=O) groups excluding carboxylic acids is 1. The monoisotopic (exact) mass is 475 g/mol. The van der Waals surface area contributed by atoms with E-state index in [0.29, 0.717) is 33.5 Å². The van der Waals surface area contributed by atoms with Crippen LogP contribution in [0.5, 0.6) is 0 Å². The van der Waals surface area contributed by atoms with E-state index in [4.69, 9.17) is 21.0 Å². The number of hydrogen-bond acceptors (Lipinski definition) is 5. The van der Waals surface area contributed by atoms with Crippen LogP contribution >= 0.6 is 23.4 Å². The van der Waals surface area contributed by atoms with Gasteiger partial charge in [-0.15, -0.1) is 0 Å². The van der Waals surface area contributed by atoms with E-state index in [2.05, 4.69) is 5.32 Å². The summed E-state index contributed by atoms with van der Waals surface area (Å²) in [7, 11) is 0. The van der Waals surface area contributed by atoms with Gasteiger partial charge in [-0.3, -0.25) is 14.2 Å². The first-order valence-corrected chi connectivity index (χ1v) is 11.6. The number of carbonyl (C=O) groups is 1. The van der Waals surface area contributed by atoms with Gasteiger partial charge in [-0.1, -0.05) is 71.9 Å². The molecule has 0 fully saturated rings. The number of nitrogens with one attached hydrogen (secondary N) is 1. The summed E-state index contributed by atoms with van der Waals surface area (Å²) >= 11 is 7.20. The SMILES string of the molecule is O=C(CSc1nc2c(oc3ccccc32)c(=O)n1Cc1ccccc1)Nc1cccc(Cl)c1. The fourth-order valence-electron chi connectivity index (χ4n) is 3.56. The van der Waals surface area contributed by atoms with E-state index in [9.17, 15) is 9.59 Å². The Morgan fingerprint density at radius 3 is 2.64 bits per heavy atom. The third-order valence-electron chi connectivity index (χ3n) is 5.07. The molecule has 0 saturated carbocycles. The summed E-state index contributed by atoms with van der Waals surface area (Å²) in [6.45, 7) is 0.317. The molecule has 1 amide bonds. The van der Waals surface area contributed by atoms with Crippen LogP contribution in [0, 0.1) is 0 Å². The molecule has 0 aliphatic carbocycles. The Labute approximate surface area is 198 Å². The van der Waals surface area contributed by atoms with E-state index < -0.39 is 0 Å². The molecule has 2 aromatic heterocycles. The molecule has 33 heavy (non-hydrogen) atoms. The summed E-state index contributed by atoms with van der Waals surface area (Å²) in [5, 5.41) is 4.57. The van der Waals surface area contributed by atoms with Gasteiger partial charge in [0.05, 0.1) is 12.3 Å². The Hall–Kier alpha value is -3.55. The van der Waals surface area contributed by atoms with E-state index in [1.165, 1.54) is 11.8 Å². The number of rotatable bonds is 6. The van der Waals surface area contributed by atoms with Gasteiger partial charge in [0.15, 0.2) is 5.16 Å². The second kappa shape index (κ2) is 9.13. The van der Waals surface area contributed by atoms with Crippen LogP contribution in [0.15, 0.2) is 93.2 Å². The molecule has 3 aromatic carbocycles. The maximum atomic E-state index is 13.4. The molecule has 0 saturated heterocycles. The minimum absolute atomic E-state index is 0.0784. The first-order chi connectivity index (χ1) is 16.1. The smallest absolute Gasteiger partial charge is 0.298 e. The molecule has 164 valence electrons. The topological polar surface area (TPSA) is 77.1 Å². The zero-order valence-corrected chi connectivity index (χ0v) is 18.9. The number of para-hydroxylation sites is 1. The minimum atomic E-state index is -0.280. The van der Waals surface area contributed by atoms with Gasteiger partial charge in [0.1, 0.15) is 11.1 Å². The summed E-state index contributed by atoms with van der Waals surface area (Å²) < 4.78 is 7.39. The number of fused-ring (bicyclic) bond motifs is 3. The standard InChI is InChI=1S/C25H18ClN3O3S/c26-17-9-6-10-18(13-17)27-21(30)15-33-25-28-22-19-11-4-5-12-20(19)32-23(22)24(31)29(25)14-16-7-2-1-3-8-16/h1-13H,14-15H2,(H,27,30). The van der Waals surface area contributed by atoms with Gasteiger partial charge in [-0.2, -0.15) is 0 Å². The predicted octanol–water partition coefficient (Wildman–Crippen LogP) is 5.58. The molecule has 0 unspecified atom stereocenters. The van der Waals surface area contributed by atoms with Gasteiger partial charge in [0.25, 0.3) is 5.56 Å². The number of nitrogens with zero attached hydrogens (tertiary/aromatic N) is 2. The van der Waals surface area contributed by atoms with Gasteiger partial charge >= 0.3 is 0 Å². The van der Waals surface area contributed by atoms with Gasteiger partial charge in [0, 0.05) is 16.1 Å². The Morgan fingerprint density at radius 1 is 1.03 bits per heavy atom. The van der Waals surface area contributed by atoms with E-state index in [0.717, 1.165) is 10.9 Å². The third-order valence-corrected chi connectivity index (χ3v) is 6.28. The lowest BCUT2D eigenvalue weighted by molar-refractivity contribution is -0.113. The molecule has 0 atom stereocenters. The van der Waals surface area contributed by atoms with E-state index in [-0.39, 0.29) is 22.8 Å². The number of benzene rings is 3. The van der Waals surface area contributed by atoms with Crippen molar-refractivity contribution in [3.8, 4) is 0 Å². The number of halogens is 1. The molecule has 6 nitrogen and oxygen atoms in total. The average molecular weight is 476 g/mol. The largest absolute Gasteiger partial charge is 0.448 e. The van der Waals surface area contributed by atoms with Gasteiger partial charge < -0.3 is 9.73 Å². The second-order valence-electron chi connectivity index (χ2n) is 7.39. The van der Waals surface area contributed by atoms with Crippen LogP contribution in [-0.4, -0.2) is 21.2 Å². The van der Waals surface area contributed by atoms with Gasteiger partial charge in [0.2, 0.25) is 11.5 Å². The van der Waals surface area contributed by atoms with E-state index in [1.54, 1.807) is 28.8 Å². The Bertz CT molecular complexity index is 1530. The number of anilines is 1. The maximum Gasteiger partial charge on any atom is 0.298 e. The summed E-state index contributed by atoms with van der Waals surface area (Å²) in [5.74, 6) is -0.144. The quantitative estimate of drug-likeness (QED) is 0.256. The molecular weight excluding hydrogens is 458 g/mol. The van der Waals surface area contributed by atoms with Crippen LogP contribution in [0.2, 0.25) is 5.02 Å². The van der Waals surface area contributed by atoms with E-state index >= 15 is 0 Å². The molecule has 2 heterocycles. The molecule has 8 heteroatoms. The fourth-order valence-corrected chi connectivity index (χ4v) is 4.54. The molecule has 0 radical (unpaired) electrons. The number of hydrogen-bond donors (Lipinski definition) is 1. The van der Waals surface area contributed by atoms with Crippen molar-refractivity contribution in [2.45, 2.75) is 11.7 Å². The Kier molecular flexibility index (Phi) is 5.90. The third kappa shape index (κ3) is 4.51. The fraction of sp³-hybridized carbons (Fsp3) is 0.0800. The first-order valence-electron chi connectivity index (χ1n) is 10.2. The molecule has 0 bridgehead atoms. The zero-order chi connectivity index (χ0) is 22.8. The normalized spacial score (nSPS) is 11.2. The lowest BCUT2D eigenvalue weighted by Gasteiger charge is -2.12. The predicted molar refractivity (Wildman–Crippen MR) is 132 cm³/mol. The van der Waals surface area contributed by atoms with Crippen molar-refractivity contribution in [3.63, 3.8) is 0 Å². The van der Waals surface area contributed by atoms with Crippen molar-refractivity contribution in [3.05, 3.63) is 99.8 Å². The average Bonchev–Trinajstić information content (AvgIpc) is 3.19. The summed E-state index contributed by atoms with van der Waals surface area (Å²) in [6, 6.07) is 24.0. The number of amides is 1. The first kappa shape index (κ1) is 21.3. The highest BCUT2D eigenvalue weighted by Gasteiger charge is 2.19. The highest BCUT2D eigenvalue weighted by Crippen LogP contribution is 2.27. The highest BCUT2D eigenvalue weighted by atomic mass is 35.5. The van der Waals surface area contributed by atoms with Crippen LogP contribution < -0.4 is 10.9 Å². The van der Waals surface area contributed by atoms with Gasteiger partial charge in [-0.25, -0.2) is 4.98 Å². The van der Waals surface area contributed by atoms with Crippen LogP contribution in [0.1, 0.15) is 5.56 Å². The molecule has 5 rings (SSSR count). The minimum Gasteiger partial charge on any atom is -0.448 e. The van der Waals surface area contributed by atoms with Gasteiger partial charge in [-0.05, 0) is 35.9 Å². The molecule has 5 aromatic rings. The summed E-state index contributed by atoms with van der Waals surface area (Å²) in [4.78, 5) is 30.7. The van der Waals surface area contributed by atoms with Crippen LogP contribution in [0.4, 0.5) is 5.69 Å². The lowest BCUT2D eigenvalue weighted by atomic mass is 10.2. The van der Waals surface area contributed by atoms with Crippen molar-refractivity contribution in [2.24, 2.45) is 0 Å². The lowest BCUT2D eigenvalue weighted by Crippen LogP contribution is -2.24.